The number of hydrogen-bond donors (Lipinski definition) is 3. The van der Waals surface area contributed by atoms with E-state index in [1.54, 1.807) is 21.3 Å². The number of aliphatic imine (C=N–C) groups is 1. The summed E-state index contributed by atoms with van der Waals surface area (Å²) in [6, 6.07) is 7.43. The molecule has 1 aromatic carbocycles. The van der Waals surface area contributed by atoms with Crippen LogP contribution in [0.5, 0.6) is 11.5 Å². The minimum atomic E-state index is -0.124. The predicted molar refractivity (Wildman–Crippen MR) is 97.3 cm³/mol. The van der Waals surface area contributed by atoms with Gasteiger partial charge >= 0.3 is 0 Å². The second-order valence-corrected chi connectivity index (χ2v) is 5.26. The number of nitrogens with zero attached hydrogens (tertiary/aromatic N) is 1. The van der Waals surface area contributed by atoms with Gasteiger partial charge < -0.3 is 30.2 Å². The molecule has 1 atom stereocenters. The number of ether oxygens (including phenoxy) is 3. The largest absolute Gasteiger partial charge is 0.497 e. The van der Waals surface area contributed by atoms with Gasteiger partial charge in [0.25, 0.3) is 0 Å². The summed E-state index contributed by atoms with van der Waals surface area (Å²) >= 11 is 0. The second kappa shape index (κ2) is 12.0. The van der Waals surface area contributed by atoms with Crippen molar-refractivity contribution < 1.29 is 19.0 Å². The van der Waals surface area contributed by atoms with Gasteiger partial charge in [-0.15, -0.1) is 0 Å². The molecule has 8 heteroatoms. The van der Waals surface area contributed by atoms with E-state index >= 15 is 0 Å². The Balaban J connectivity index is 2.32. The molecule has 0 aliphatic heterocycles. The average molecular weight is 352 g/mol. The first kappa shape index (κ1) is 20.6. The molecular weight excluding hydrogens is 324 g/mol. The van der Waals surface area contributed by atoms with Crippen molar-refractivity contribution >= 4 is 11.9 Å². The molecule has 25 heavy (non-hydrogen) atoms. The maximum absolute atomic E-state index is 11.6. The molecule has 0 radical (unpaired) electrons. The molecule has 0 aliphatic rings. The third kappa shape index (κ3) is 8.80. The zero-order valence-corrected chi connectivity index (χ0v) is 15.3. The number of hydrogen-bond acceptors (Lipinski definition) is 5. The molecular formula is C17H28N4O4. The highest BCUT2D eigenvalue weighted by Crippen LogP contribution is 2.19. The summed E-state index contributed by atoms with van der Waals surface area (Å²) < 4.78 is 15.9. The normalized spacial score (nSPS) is 12.2. The van der Waals surface area contributed by atoms with Crippen LogP contribution in [-0.2, 0) is 9.53 Å². The van der Waals surface area contributed by atoms with Gasteiger partial charge in [0, 0.05) is 26.8 Å². The SMILES string of the molecule is CN=C(NCC(=O)NCCOC)NCC(C)Oc1cccc(OC)c1. The third-order valence-electron chi connectivity index (χ3n) is 3.20. The number of carbonyl (C=O) groups is 1. The summed E-state index contributed by atoms with van der Waals surface area (Å²) in [7, 11) is 4.85. The highest BCUT2D eigenvalue weighted by molar-refractivity contribution is 5.86. The zero-order chi connectivity index (χ0) is 18.5. The summed E-state index contributed by atoms with van der Waals surface area (Å²) in [6.45, 7) is 3.57. The summed E-state index contributed by atoms with van der Waals surface area (Å²) in [4.78, 5) is 15.7. The number of amides is 1. The van der Waals surface area contributed by atoms with Crippen molar-refractivity contribution in [2.24, 2.45) is 4.99 Å². The second-order valence-electron chi connectivity index (χ2n) is 5.26. The van der Waals surface area contributed by atoms with Gasteiger partial charge in [-0.25, -0.2) is 0 Å². The highest BCUT2D eigenvalue weighted by Gasteiger charge is 2.08. The number of rotatable bonds is 10. The van der Waals surface area contributed by atoms with Crippen LogP contribution in [0, 0.1) is 0 Å². The molecule has 140 valence electrons. The molecule has 1 amide bonds. The van der Waals surface area contributed by atoms with E-state index in [9.17, 15) is 4.79 Å². The quantitative estimate of drug-likeness (QED) is 0.320. The van der Waals surface area contributed by atoms with Crippen molar-refractivity contribution in [2.75, 3.05) is 47.5 Å². The van der Waals surface area contributed by atoms with Crippen LogP contribution in [0.3, 0.4) is 0 Å². The van der Waals surface area contributed by atoms with E-state index in [2.05, 4.69) is 20.9 Å². The Morgan fingerprint density at radius 2 is 1.96 bits per heavy atom. The van der Waals surface area contributed by atoms with Crippen molar-refractivity contribution in [3.05, 3.63) is 24.3 Å². The van der Waals surface area contributed by atoms with Crippen molar-refractivity contribution in [3.63, 3.8) is 0 Å². The van der Waals surface area contributed by atoms with Gasteiger partial charge in [-0.1, -0.05) is 6.07 Å². The molecule has 0 aromatic heterocycles. The zero-order valence-electron chi connectivity index (χ0n) is 15.3. The summed E-state index contributed by atoms with van der Waals surface area (Å²) in [5.74, 6) is 1.88. The van der Waals surface area contributed by atoms with Gasteiger partial charge in [0.2, 0.25) is 5.91 Å². The average Bonchev–Trinajstić information content (AvgIpc) is 2.62. The molecule has 0 saturated heterocycles. The first-order chi connectivity index (χ1) is 12.1. The Bertz CT molecular complexity index is 551. The topological polar surface area (TPSA) is 93.2 Å². The molecule has 1 unspecified atom stereocenters. The van der Waals surface area contributed by atoms with Crippen LogP contribution >= 0.6 is 0 Å². The Labute approximate surface area is 148 Å². The molecule has 0 spiro atoms. The van der Waals surface area contributed by atoms with Gasteiger partial charge in [0.1, 0.15) is 17.6 Å². The van der Waals surface area contributed by atoms with Crippen LogP contribution in [0.4, 0.5) is 0 Å². The fraction of sp³-hybridized carbons (Fsp3) is 0.529. The maximum atomic E-state index is 11.6. The molecule has 1 aromatic rings. The Morgan fingerprint density at radius 3 is 2.64 bits per heavy atom. The van der Waals surface area contributed by atoms with Crippen LogP contribution in [0.25, 0.3) is 0 Å². The molecule has 1 rings (SSSR count). The molecule has 0 aliphatic carbocycles. The van der Waals surface area contributed by atoms with Crippen molar-refractivity contribution in [1.29, 1.82) is 0 Å². The third-order valence-corrected chi connectivity index (χ3v) is 3.20. The first-order valence-corrected chi connectivity index (χ1v) is 8.10. The Kier molecular flexibility index (Phi) is 9.84. The molecule has 8 nitrogen and oxygen atoms in total. The number of carbonyl (C=O) groups excluding carboxylic acids is 1. The smallest absolute Gasteiger partial charge is 0.239 e. The maximum Gasteiger partial charge on any atom is 0.239 e. The lowest BCUT2D eigenvalue weighted by atomic mass is 10.3. The van der Waals surface area contributed by atoms with Gasteiger partial charge in [-0.05, 0) is 19.1 Å². The van der Waals surface area contributed by atoms with Crippen molar-refractivity contribution in [1.82, 2.24) is 16.0 Å². The Morgan fingerprint density at radius 1 is 1.20 bits per heavy atom. The minimum absolute atomic E-state index is 0.0961. The summed E-state index contributed by atoms with van der Waals surface area (Å²) in [6.07, 6.45) is -0.0961. The van der Waals surface area contributed by atoms with E-state index in [1.165, 1.54) is 0 Å². The van der Waals surface area contributed by atoms with Crippen LogP contribution in [0.1, 0.15) is 6.92 Å². The molecule has 0 saturated carbocycles. The fourth-order valence-electron chi connectivity index (χ4n) is 1.93. The first-order valence-electron chi connectivity index (χ1n) is 8.10. The van der Waals surface area contributed by atoms with Gasteiger partial charge in [0.15, 0.2) is 5.96 Å². The number of benzene rings is 1. The monoisotopic (exact) mass is 352 g/mol. The fourth-order valence-corrected chi connectivity index (χ4v) is 1.93. The summed E-state index contributed by atoms with van der Waals surface area (Å²) in [5.41, 5.74) is 0. The lowest BCUT2D eigenvalue weighted by Crippen LogP contribution is -2.45. The lowest BCUT2D eigenvalue weighted by Gasteiger charge is -2.18. The standard InChI is InChI=1S/C17H28N4O4/c1-13(25-15-7-5-6-14(10-15)24-4)11-20-17(18-2)21-12-16(22)19-8-9-23-3/h5-7,10,13H,8-9,11-12H2,1-4H3,(H,19,22)(H2,18,20,21). The van der Waals surface area contributed by atoms with Crippen molar-refractivity contribution in [2.45, 2.75) is 13.0 Å². The van der Waals surface area contributed by atoms with Crippen LogP contribution in [0.2, 0.25) is 0 Å². The molecule has 0 heterocycles. The van der Waals surface area contributed by atoms with E-state index in [-0.39, 0.29) is 18.6 Å². The van der Waals surface area contributed by atoms with E-state index in [1.807, 2.05) is 31.2 Å². The van der Waals surface area contributed by atoms with Crippen LogP contribution in [-0.4, -0.2) is 65.5 Å². The van der Waals surface area contributed by atoms with E-state index in [0.29, 0.717) is 25.7 Å². The van der Waals surface area contributed by atoms with Gasteiger partial charge in [-0.2, -0.15) is 0 Å². The number of nitrogens with one attached hydrogen (secondary N) is 3. The highest BCUT2D eigenvalue weighted by atomic mass is 16.5. The van der Waals surface area contributed by atoms with Gasteiger partial charge in [-0.3, -0.25) is 9.79 Å². The molecule has 0 bridgehead atoms. The van der Waals surface area contributed by atoms with E-state index < -0.39 is 0 Å². The molecule has 3 N–H and O–H groups in total. The van der Waals surface area contributed by atoms with Crippen LogP contribution in [0.15, 0.2) is 29.3 Å². The lowest BCUT2D eigenvalue weighted by molar-refractivity contribution is -0.120. The van der Waals surface area contributed by atoms with E-state index in [0.717, 1.165) is 11.5 Å². The summed E-state index contributed by atoms with van der Waals surface area (Å²) in [5, 5.41) is 8.79. The predicted octanol–water partition coefficient (Wildman–Crippen LogP) is 0.390. The van der Waals surface area contributed by atoms with E-state index in [4.69, 9.17) is 14.2 Å². The van der Waals surface area contributed by atoms with Gasteiger partial charge in [0.05, 0.1) is 26.8 Å². The molecule has 0 fully saturated rings. The van der Waals surface area contributed by atoms with Crippen LogP contribution < -0.4 is 25.4 Å². The minimum Gasteiger partial charge on any atom is -0.497 e. The number of guanidine groups is 1. The Hall–Kier alpha value is -2.48. The number of methoxy groups -OCH3 is 2. The van der Waals surface area contributed by atoms with Crippen molar-refractivity contribution in [3.8, 4) is 11.5 Å².